The molecule has 0 saturated carbocycles. The second kappa shape index (κ2) is 6.76. The molecule has 0 aromatic heterocycles. The lowest BCUT2D eigenvalue weighted by Crippen LogP contribution is -2.35. The fraction of sp³-hybridized carbons (Fsp3) is 0.444. The monoisotopic (exact) mass is 271 g/mol. The van der Waals surface area contributed by atoms with Crippen molar-refractivity contribution in [2.24, 2.45) is 5.92 Å². The predicted molar refractivity (Wildman–Crippen MR) is 86.5 cm³/mol. The maximum Gasteiger partial charge on any atom is 0.119 e. The third-order valence-corrected chi connectivity index (χ3v) is 3.89. The number of hydrogen-bond donors (Lipinski definition) is 1. The fourth-order valence-corrected chi connectivity index (χ4v) is 2.66. The lowest BCUT2D eigenvalue weighted by molar-refractivity contribution is 0.406. The van der Waals surface area contributed by atoms with Gasteiger partial charge >= 0.3 is 0 Å². The van der Waals surface area contributed by atoms with E-state index in [-0.39, 0.29) is 0 Å². The quantitative estimate of drug-likeness (QED) is 0.856. The summed E-state index contributed by atoms with van der Waals surface area (Å²) in [6.45, 7) is 7.73. The van der Waals surface area contributed by atoms with Crippen LogP contribution in [-0.2, 0) is 6.42 Å². The first kappa shape index (κ1) is 14.9. The molecule has 2 aromatic rings. The van der Waals surface area contributed by atoms with Crippen molar-refractivity contribution in [3.05, 3.63) is 42.0 Å². The zero-order valence-electron chi connectivity index (χ0n) is 12.9. The van der Waals surface area contributed by atoms with E-state index in [9.17, 15) is 0 Å². The van der Waals surface area contributed by atoms with E-state index in [1.54, 1.807) is 7.11 Å². The van der Waals surface area contributed by atoms with Crippen LogP contribution in [0.15, 0.2) is 36.4 Å². The molecule has 0 bridgehead atoms. The first-order valence-electron chi connectivity index (χ1n) is 7.44. The van der Waals surface area contributed by atoms with Crippen molar-refractivity contribution in [1.82, 2.24) is 5.32 Å². The van der Waals surface area contributed by atoms with Gasteiger partial charge in [0.05, 0.1) is 7.11 Å². The highest BCUT2D eigenvalue weighted by Gasteiger charge is 2.14. The SMILES string of the molecule is CCNC(Cc1cccc2ccc(OC)cc12)C(C)C. The van der Waals surface area contributed by atoms with Gasteiger partial charge in [-0.15, -0.1) is 0 Å². The molecular weight excluding hydrogens is 246 g/mol. The van der Waals surface area contributed by atoms with Crippen LogP contribution in [0, 0.1) is 5.92 Å². The Morgan fingerprint density at radius 3 is 2.60 bits per heavy atom. The number of fused-ring (bicyclic) bond motifs is 1. The molecule has 2 rings (SSSR count). The van der Waals surface area contributed by atoms with Crippen LogP contribution in [0.4, 0.5) is 0 Å². The van der Waals surface area contributed by atoms with Gasteiger partial charge in [-0.3, -0.25) is 0 Å². The summed E-state index contributed by atoms with van der Waals surface area (Å²) >= 11 is 0. The molecule has 1 unspecified atom stereocenters. The second-order valence-corrected chi connectivity index (χ2v) is 5.62. The van der Waals surface area contributed by atoms with Gasteiger partial charge in [-0.2, -0.15) is 0 Å². The van der Waals surface area contributed by atoms with Gasteiger partial charge in [0.15, 0.2) is 0 Å². The topological polar surface area (TPSA) is 21.3 Å². The Morgan fingerprint density at radius 1 is 1.15 bits per heavy atom. The van der Waals surface area contributed by atoms with Crippen molar-refractivity contribution < 1.29 is 4.74 Å². The summed E-state index contributed by atoms with van der Waals surface area (Å²) in [4.78, 5) is 0. The largest absolute Gasteiger partial charge is 0.497 e. The van der Waals surface area contributed by atoms with Crippen LogP contribution in [0.25, 0.3) is 10.8 Å². The van der Waals surface area contributed by atoms with Gasteiger partial charge in [-0.1, -0.05) is 45.0 Å². The molecule has 0 radical (unpaired) electrons. The van der Waals surface area contributed by atoms with Gasteiger partial charge in [0.2, 0.25) is 0 Å². The number of ether oxygens (including phenoxy) is 1. The van der Waals surface area contributed by atoms with E-state index >= 15 is 0 Å². The van der Waals surface area contributed by atoms with Gasteiger partial charge in [-0.25, -0.2) is 0 Å². The van der Waals surface area contributed by atoms with Crippen LogP contribution in [0.1, 0.15) is 26.3 Å². The molecule has 108 valence electrons. The molecule has 20 heavy (non-hydrogen) atoms. The molecule has 0 saturated heterocycles. The summed E-state index contributed by atoms with van der Waals surface area (Å²) in [5, 5.41) is 6.17. The minimum Gasteiger partial charge on any atom is -0.497 e. The van der Waals surface area contributed by atoms with Gasteiger partial charge in [0.25, 0.3) is 0 Å². The average molecular weight is 271 g/mol. The Hall–Kier alpha value is -1.54. The van der Waals surface area contributed by atoms with Crippen LogP contribution in [0.5, 0.6) is 5.75 Å². The van der Waals surface area contributed by atoms with E-state index < -0.39 is 0 Å². The summed E-state index contributed by atoms with van der Waals surface area (Å²) in [6.07, 6.45) is 1.05. The molecular formula is C18H25NO. The third-order valence-electron chi connectivity index (χ3n) is 3.89. The Morgan fingerprint density at radius 2 is 1.95 bits per heavy atom. The van der Waals surface area contributed by atoms with E-state index in [1.165, 1.54) is 16.3 Å². The van der Waals surface area contributed by atoms with Crippen molar-refractivity contribution in [2.75, 3.05) is 13.7 Å². The molecule has 2 heteroatoms. The minimum absolute atomic E-state index is 0.511. The molecule has 0 amide bonds. The first-order chi connectivity index (χ1) is 9.65. The van der Waals surface area contributed by atoms with Gasteiger partial charge < -0.3 is 10.1 Å². The molecule has 0 heterocycles. The molecule has 1 N–H and O–H groups in total. The van der Waals surface area contributed by atoms with Crippen molar-refractivity contribution in [2.45, 2.75) is 33.2 Å². The van der Waals surface area contributed by atoms with Crippen molar-refractivity contribution >= 4 is 10.8 Å². The second-order valence-electron chi connectivity index (χ2n) is 5.62. The highest BCUT2D eigenvalue weighted by atomic mass is 16.5. The number of hydrogen-bond acceptors (Lipinski definition) is 2. The highest BCUT2D eigenvalue weighted by molar-refractivity contribution is 5.87. The Kier molecular flexibility index (Phi) is 5.02. The number of nitrogens with one attached hydrogen (secondary N) is 1. The Balaban J connectivity index is 2.37. The lowest BCUT2D eigenvalue weighted by Gasteiger charge is -2.22. The van der Waals surface area contributed by atoms with Crippen LogP contribution in [0.2, 0.25) is 0 Å². The molecule has 0 aliphatic carbocycles. The van der Waals surface area contributed by atoms with E-state index in [4.69, 9.17) is 4.74 Å². The summed E-state index contributed by atoms with van der Waals surface area (Å²) in [6, 6.07) is 13.4. The van der Waals surface area contributed by atoms with Crippen molar-refractivity contribution in [3.63, 3.8) is 0 Å². The van der Waals surface area contributed by atoms with Gasteiger partial charge in [0, 0.05) is 6.04 Å². The van der Waals surface area contributed by atoms with Gasteiger partial charge in [0.1, 0.15) is 5.75 Å². The smallest absolute Gasteiger partial charge is 0.119 e. The normalized spacial score (nSPS) is 12.8. The molecule has 0 aliphatic heterocycles. The van der Waals surface area contributed by atoms with Crippen molar-refractivity contribution in [3.8, 4) is 5.75 Å². The molecule has 2 nitrogen and oxygen atoms in total. The molecule has 2 aromatic carbocycles. The van der Waals surface area contributed by atoms with Crippen molar-refractivity contribution in [1.29, 1.82) is 0 Å². The molecule has 0 aliphatic rings. The number of rotatable bonds is 6. The molecule has 0 spiro atoms. The summed E-state index contributed by atoms with van der Waals surface area (Å²) in [5.74, 6) is 1.55. The average Bonchev–Trinajstić information content (AvgIpc) is 2.46. The predicted octanol–water partition coefficient (Wildman–Crippen LogP) is 4.03. The third kappa shape index (κ3) is 3.31. The van der Waals surface area contributed by atoms with Crippen LogP contribution in [-0.4, -0.2) is 19.7 Å². The van der Waals surface area contributed by atoms with Gasteiger partial charge in [-0.05, 0) is 47.4 Å². The summed E-state index contributed by atoms with van der Waals surface area (Å²) in [5.41, 5.74) is 1.39. The zero-order valence-corrected chi connectivity index (χ0v) is 12.9. The maximum absolute atomic E-state index is 5.36. The molecule has 0 fully saturated rings. The minimum atomic E-state index is 0.511. The standard InChI is InChI=1S/C18H25NO/c1-5-19-18(13(2)3)11-15-8-6-7-14-9-10-16(20-4)12-17(14)15/h6-10,12-13,18-19H,5,11H2,1-4H3. The molecule has 1 atom stereocenters. The number of benzene rings is 2. The van der Waals surface area contributed by atoms with Crippen LogP contribution in [0.3, 0.4) is 0 Å². The highest BCUT2D eigenvalue weighted by Crippen LogP contribution is 2.25. The fourth-order valence-electron chi connectivity index (χ4n) is 2.66. The maximum atomic E-state index is 5.36. The first-order valence-corrected chi connectivity index (χ1v) is 7.44. The van der Waals surface area contributed by atoms with E-state index in [2.05, 4.69) is 56.4 Å². The van der Waals surface area contributed by atoms with E-state index in [0.29, 0.717) is 12.0 Å². The summed E-state index contributed by atoms with van der Waals surface area (Å²) < 4.78 is 5.36. The zero-order chi connectivity index (χ0) is 14.5. The lowest BCUT2D eigenvalue weighted by atomic mass is 9.93. The number of methoxy groups -OCH3 is 1. The summed E-state index contributed by atoms with van der Waals surface area (Å²) in [7, 11) is 1.72. The van der Waals surface area contributed by atoms with E-state index in [1.807, 2.05) is 6.07 Å². The Bertz CT molecular complexity index is 562. The van der Waals surface area contributed by atoms with E-state index in [0.717, 1.165) is 18.7 Å². The number of likely N-dealkylation sites (N-methyl/N-ethyl adjacent to an activating group) is 1. The van der Waals surface area contributed by atoms with Crippen LogP contribution < -0.4 is 10.1 Å². The van der Waals surface area contributed by atoms with Crippen LogP contribution >= 0.6 is 0 Å². The Labute approximate surface area is 122 Å².